The summed E-state index contributed by atoms with van der Waals surface area (Å²) in [6.07, 6.45) is 5.04. The van der Waals surface area contributed by atoms with Gasteiger partial charge in [-0.05, 0) is 31.4 Å². The number of rotatable bonds is 7. The Balaban J connectivity index is 1.68. The molecule has 1 saturated heterocycles. The molecule has 1 aliphatic heterocycles. The van der Waals surface area contributed by atoms with Gasteiger partial charge in [0.05, 0.1) is 23.5 Å². The number of nitriles is 1. The zero-order valence-corrected chi connectivity index (χ0v) is 21.4. The fourth-order valence-corrected chi connectivity index (χ4v) is 5.17. The molecular formula is C26H33F2N7O. The van der Waals surface area contributed by atoms with Crippen molar-refractivity contribution in [2.75, 3.05) is 18.0 Å². The van der Waals surface area contributed by atoms with E-state index in [1.165, 1.54) is 6.07 Å². The highest BCUT2D eigenvalue weighted by Crippen LogP contribution is 2.35. The fourth-order valence-electron chi connectivity index (χ4n) is 5.17. The molecule has 3 aromatic heterocycles. The van der Waals surface area contributed by atoms with E-state index in [4.69, 9.17) is 5.26 Å². The maximum Gasteiger partial charge on any atom is 0.286 e. The molecule has 0 spiro atoms. The molecule has 3 aromatic rings. The van der Waals surface area contributed by atoms with E-state index in [1.54, 1.807) is 40.8 Å². The molecule has 0 aromatic carbocycles. The number of hydrogen-bond acceptors (Lipinski definition) is 6. The predicted octanol–water partition coefficient (Wildman–Crippen LogP) is 4.21. The van der Waals surface area contributed by atoms with Crippen LogP contribution in [0, 0.1) is 11.3 Å². The number of halogens is 2. The number of fused-ring (bicyclic) bond motifs is 1. The molecule has 0 radical (unpaired) electrons. The van der Waals surface area contributed by atoms with Crippen LogP contribution in [-0.4, -0.2) is 49.4 Å². The van der Waals surface area contributed by atoms with E-state index in [-0.39, 0.29) is 35.9 Å². The van der Waals surface area contributed by atoms with Gasteiger partial charge in [0.2, 0.25) is 0 Å². The van der Waals surface area contributed by atoms with Crippen molar-refractivity contribution in [3.8, 4) is 6.07 Å². The highest BCUT2D eigenvalue weighted by Gasteiger charge is 2.36. The molecule has 10 heteroatoms. The van der Waals surface area contributed by atoms with Crippen LogP contribution >= 0.6 is 0 Å². The first-order valence-electron chi connectivity index (χ1n) is 12.4. The Labute approximate surface area is 209 Å². The molecule has 36 heavy (non-hydrogen) atoms. The van der Waals surface area contributed by atoms with Crippen LogP contribution in [0.15, 0.2) is 35.4 Å². The molecule has 8 nitrogen and oxygen atoms in total. The number of nitrogens with zero attached hydrogens (tertiary/aromatic N) is 7. The number of hydrogen-bond donors (Lipinski definition) is 0. The molecule has 0 N–H and O–H groups in total. The van der Waals surface area contributed by atoms with E-state index >= 15 is 0 Å². The molecule has 1 aliphatic rings. The first-order chi connectivity index (χ1) is 17.1. The Kier molecular flexibility index (Phi) is 7.14. The molecule has 0 bridgehead atoms. The van der Waals surface area contributed by atoms with Crippen molar-refractivity contribution in [3.63, 3.8) is 0 Å². The minimum absolute atomic E-state index is 0.00308. The SMILES string of the molecule is CC[C@H]1CN(C(C)c2ccc(C(C)(F)F)nc2)[C@H](CC)CN1c1cc(=O)n(C)c2cn(CC#N)nc12. The first-order valence-corrected chi connectivity index (χ1v) is 12.4. The van der Waals surface area contributed by atoms with Gasteiger partial charge in [0, 0.05) is 57.4 Å². The number of aromatic nitrogens is 4. The summed E-state index contributed by atoms with van der Waals surface area (Å²) in [5, 5.41) is 13.8. The normalized spacial score (nSPS) is 20.0. The topological polar surface area (TPSA) is 83.0 Å². The van der Waals surface area contributed by atoms with Crippen molar-refractivity contribution in [1.29, 1.82) is 5.26 Å². The van der Waals surface area contributed by atoms with Crippen LogP contribution in [0.2, 0.25) is 0 Å². The van der Waals surface area contributed by atoms with Crippen molar-refractivity contribution < 1.29 is 8.78 Å². The summed E-state index contributed by atoms with van der Waals surface area (Å²) in [4.78, 5) is 21.6. The quantitative estimate of drug-likeness (QED) is 0.487. The molecule has 4 heterocycles. The Morgan fingerprint density at radius 1 is 1.22 bits per heavy atom. The molecule has 192 valence electrons. The van der Waals surface area contributed by atoms with E-state index in [1.807, 2.05) is 0 Å². The van der Waals surface area contributed by atoms with E-state index in [2.05, 4.69) is 46.7 Å². The predicted molar refractivity (Wildman–Crippen MR) is 135 cm³/mol. The van der Waals surface area contributed by atoms with Gasteiger partial charge in [0.1, 0.15) is 17.8 Å². The third kappa shape index (κ3) is 4.72. The molecule has 0 amide bonds. The second kappa shape index (κ2) is 9.97. The number of pyridine rings is 2. The lowest BCUT2D eigenvalue weighted by atomic mass is 9.97. The van der Waals surface area contributed by atoms with E-state index in [0.717, 1.165) is 37.6 Å². The van der Waals surface area contributed by atoms with Gasteiger partial charge in [0.15, 0.2) is 0 Å². The van der Waals surface area contributed by atoms with Gasteiger partial charge in [-0.1, -0.05) is 19.9 Å². The van der Waals surface area contributed by atoms with Gasteiger partial charge in [-0.3, -0.25) is 19.4 Å². The summed E-state index contributed by atoms with van der Waals surface area (Å²) in [6.45, 7) is 8.76. The van der Waals surface area contributed by atoms with Crippen LogP contribution in [0.5, 0.6) is 0 Å². The third-order valence-corrected chi connectivity index (χ3v) is 7.38. The van der Waals surface area contributed by atoms with E-state index < -0.39 is 5.92 Å². The summed E-state index contributed by atoms with van der Waals surface area (Å²) >= 11 is 0. The molecular weight excluding hydrogens is 464 g/mol. The minimum atomic E-state index is -2.97. The number of aryl methyl sites for hydroxylation is 1. The summed E-state index contributed by atoms with van der Waals surface area (Å²) in [5.41, 5.74) is 2.75. The van der Waals surface area contributed by atoms with Crippen molar-refractivity contribution in [2.45, 2.75) is 71.1 Å². The lowest BCUT2D eigenvalue weighted by Crippen LogP contribution is -2.58. The highest BCUT2D eigenvalue weighted by atomic mass is 19.3. The van der Waals surface area contributed by atoms with E-state index in [9.17, 15) is 13.6 Å². The van der Waals surface area contributed by atoms with Crippen LogP contribution in [0.25, 0.3) is 11.0 Å². The van der Waals surface area contributed by atoms with E-state index in [0.29, 0.717) is 17.6 Å². The summed E-state index contributed by atoms with van der Waals surface area (Å²) in [5.74, 6) is -2.97. The first kappa shape index (κ1) is 25.8. The Morgan fingerprint density at radius 2 is 1.94 bits per heavy atom. The lowest BCUT2D eigenvalue weighted by molar-refractivity contribution is 0.0126. The van der Waals surface area contributed by atoms with Crippen molar-refractivity contribution in [1.82, 2.24) is 24.2 Å². The smallest absolute Gasteiger partial charge is 0.286 e. The summed E-state index contributed by atoms with van der Waals surface area (Å²) in [7, 11) is 1.71. The van der Waals surface area contributed by atoms with Gasteiger partial charge in [-0.2, -0.15) is 19.1 Å². The van der Waals surface area contributed by atoms with Gasteiger partial charge >= 0.3 is 0 Å². The number of piperazine rings is 1. The van der Waals surface area contributed by atoms with Gasteiger partial charge in [0.25, 0.3) is 11.5 Å². The molecule has 0 saturated carbocycles. The maximum absolute atomic E-state index is 13.6. The third-order valence-electron chi connectivity index (χ3n) is 7.38. The van der Waals surface area contributed by atoms with Crippen molar-refractivity contribution in [2.24, 2.45) is 7.05 Å². The van der Waals surface area contributed by atoms with Gasteiger partial charge in [-0.25, -0.2) is 0 Å². The van der Waals surface area contributed by atoms with Gasteiger partial charge in [-0.15, -0.1) is 0 Å². The number of alkyl halides is 2. The lowest BCUT2D eigenvalue weighted by Gasteiger charge is -2.49. The van der Waals surface area contributed by atoms with Crippen LogP contribution in [0.1, 0.15) is 57.8 Å². The molecule has 1 fully saturated rings. The van der Waals surface area contributed by atoms with Crippen LogP contribution in [0.3, 0.4) is 0 Å². The van der Waals surface area contributed by atoms with Crippen LogP contribution in [-0.2, 0) is 19.5 Å². The standard InChI is InChI=1S/C26H33F2N7O/c1-6-19-15-35(21-12-24(36)32(5)22-16-33(11-10-29)31-25(21)22)20(7-2)14-34(19)17(3)18-8-9-23(30-13-18)26(4,27)28/h8-9,12-13,16-17,19-20H,6-7,11,14-15H2,1-5H3/t17?,19-,20+/m1/s1. The summed E-state index contributed by atoms with van der Waals surface area (Å²) in [6, 6.07) is 7.21. The maximum atomic E-state index is 13.6. The molecule has 0 aliphatic carbocycles. The monoisotopic (exact) mass is 497 g/mol. The summed E-state index contributed by atoms with van der Waals surface area (Å²) < 4.78 is 30.4. The zero-order valence-electron chi connectivity index (χ0n) is 21.4. The Bertz CT molecular complexity index is 1320. The Hall–Kier alpha value is -3.32. The second-order valence-electron chi connectivity index (χ2n) is 9.66. The molecule has 1 unspecified atom stereocenters. The minimum Gasteiger partial charge on any atom is -0.364 e. The van der Waals surface area contributed by atoms with Crippen LogP contribution in [0.4, 0.5) is 14.5 Å². The fraction of sp³-hybridized carbons (Fsp3) is 0.538. The molecule has 3 atom stereocenters. The van der Waals surface area contributed by atoms with Crippen molar-refractivity contribution >= 4 is 16.7 Å². The second-order valence-corrected chi connectivity index (χ2v) is 9.66. The average Bonchev–Trinajstić information content (AvgIpc) is 3.29. The zero-order chi connectivity index (χ0) is 26.2. The van der Waals surface area contributed by atoms with Crippen LogP contribution < -0.4 is 10.5 Å². The Morgan fingerprint density at radius 3 is 2.53 bits per heavy atom. The van der Waals surface area contributed by atoms with Crippen molar-refractivity contribution in [3.05, 3.63) is 52.2 Å². The number of anilines is 1. The average molecular weight is 498 g/mol. The van der Waals surface area contributed by atoms with Gasteiger partial charge < -0.3 is 9.47 Å². The largest absolute Gasteiger partial charge is 0.364 e. The highest BCUT2D eigenvalue weighted by molar-refractivity contribution is 5.88. The molecule has 4 rings (SSSR count).